The lowest BCUT2D eigenvalue weighted by Crippen LogP contribution is -2.45. The molecular weight excluding hydrogens is 330 g/mol. The number of fused-ring (bicyclic) bond motifs is 1. The molecule has 1 atom stereocenters. The molecule has 1 fully saturated rings. The summed E-state index contributed by atoms with van der Waals surface area (Å²) in [4.78, 5) is 31.5. The molecular formula is C19H23N5O2. The Bertz CT molecular complexity index is 900. The molecule has 7 nitrogen and oxygen atoms in total. The lowest BCUT2D eigenvalue weighted by atomic mass is 9.99. The van der Waals surface area contributed by atoms with Crippen LogP contribution < -0.4 is 0 Å². The molecule has 2 aliphatic heterocycles. The summed E-state index contributed by atoms with van der Waals surface area (Å²) in [6.45, 7) is 0.698. The Morgan fingerprint density at radius 1 is 1.15 bits per heavy atom. The van der Waals surface area contributed by atoms with Crippen LogP contribution in [0.4, 0.5) is 0 Å². The van der Waals surface area contributed by atoms with Crippen LogP contribution in [0.15, 0.2) is 29.4 Å². The van der Waals surface area contributed by atoms with Crippen molar-refractivity contribution in [3.05, 3.63) is 30.1 Å². The fourth-order valence-corrected chi connectivity index (χ4v) is 3.89. The number of piperidine rings is 1. The standard InChI is InChI=1S/C19H23N5O2/c1-22-15-8-4-3-7-13(15)20-18(22)16-9-5-6-12-24(16)19(26)14-10-11-17(25)23(2)21-14/h3-4,7-8,16H,5-6,9-12H2,1-2H3/t16-/m1/s1. The molecule has 7 heteroatoms. The quantitative estimate of drug-likeness (QED) is 0.831. The monoisotopic (exact) mass is 353 g/mol. The zero-order valence-electron chi connectivity index (χ0n) is 15.2. The first-order valence-corrected chi connectivity index (χ1v) is 9.12. The Morgan fingerprint density at radius 3 is 2.73 bits per heavy atom. The second-order valence-corrected chi connectivity index (χ2v) is 6.99. The van der Waals surface area contributed by atoms with Crippen molar-refractivity contribution in [2.75, 3.05) is 13.6 Å². The van der Waals surface area contributed by atoms with Crippen molar-refractivity contribution in [3.63, 3.8) is 0 Å². The maximum Gasteiger partial charge on any atom is 0.270 e. The number of aryl methyl sites for hydroxylation is 1. The van der Waals surface area contributed by atoms with Gasteiger partial charge >= 0.3 is 0 Å². The van der Waals surface area contributed by atoms with Crippen LogP contribution in [0.1, 0.15) is 44.0 Å². The molecule has 4 rings (SSSR count). The third-order valence-corrected chi connectivity index (χ3v) is 5.34. The molecule has 2 aromatic rings. The Hall–Kier alpha value is -2.70. The molecule has 0 radical (unpaired) electrons. The van der Waals surface area contributed by atoms with E-state index in [0.29, 0.717) is 25.1 Å². The lowest BCUT2D eigenvalue weighted by Gasteiger charge is -2.36. The smallest absolute Gasteiger partial charge is 0.270 e. The first-order chi connectivity index (χ1) is 12.6. The predicted molar refractivity (Wildman–Crippen MR) is 98.5 cm³/mol. The molecule has 0 aliphatic carbocycles. The van der Waals surface area contributed by atoms with Crippen LogP contribution in [-0.2, 0) is 16.6 Å². The fraction of sp³-hybridized carbons (Fsp3) is 0.474. The summed E-state index contributed by atoms with van der Waals surface area (Å²) < 4.78 is 2.09. The van der Waals surface area contributed by atoms with E-state index in [1.54, 1.807) is 7.05 Å². The minimum Gasteiger partial charge on any atom is -0.329 e. The van der Waals surface area contributed by atoms with Gasteiger partial charge in [0.15, 0.2) is 0 Å². The molecule has 1 aromatic carbocycles. The summed E-state index contributed by atoms with van der Waals surface area (Å²) in [6, 6.07) is 7.97. The summed E-state index contributed by atoms with van der Waals surface area (Å²) in [7, 11) is 3.61. The van der Waals surface area contributed by atoms with Crippen molar-refractivity contribution in [3.8, 4) is 0 Å². The maximum atomic E-state index is 13.1. The van der Waals surface area contributed by atoms with Crippen LogP contribution in [0.25, 0.3) is 11.0 Å². The van der Waals surface area contributed by atoms with Gasteiger partial charge in [0, 0.05) is 33.5 Å². The highest BCUT2D eigenvalue weighted by atomic mass is 16.2. The number of aromatic nitrogens is 2. The number of para-hydroxylation sites is 2. The molecule has 0 bridgehead atoms. The molecule has 0 saturated carbocycles. The highest BCUT2D eigenvalue weighted by Crippen LogP contribution is 2.32. The second-order valence-electron chi connectivity index (χ2n) is 6.99. The molecule has 3 heterocycles. The SMILES string of the molecule is CN1N=C(C(=O)N2CCCC[C@@H]2c2nc3ccccc3n2C)CCC1=O. The number of nitrogens with zero attached hydrogens (tertiary/aromatic N) is 5. The molecule has 1 aromatic heterocycles. The fourth-order valence-electron chi connectivity index (χ4n) is 3.89. The Balaban J connectivity index is 1.68. The van der Waals surface area contributed by atoms with E-state index in [4.69, 9.17) is 4.98 Å². The van der Waals surface area contributed by atoms with Crippen molar-refractivity contribution in [2.24, 2.45) is 12.1 Å². The van der Waals surface area contributed by atoms with Crippen LogP contribution in [-0.4, -0.2) is 50.6 Å². The summed E-state index contributed by atoms with van der Waals surface area (Å²) in [5.41, 5.74) is 2.49. The lowest BCUT2D eigenvalue weighted by molar-refractivity contribution is -0.131. The number of likely N-dealkylation sites (tertiary alicyclic amines) is 1. The molecule has 2 amide bonds. The van der Waals surface area contributed by atoms with Gasteiger partial charge in [0.25, 0.3) is 5.91 Å². The highest BCUT2D eigenvalue weighted by molar-refractivity contribution is 6.39. The number of hydrogen-bond donors (Lipinski definition) is 0. The number of carbonyl (C=O) groups is 2. The van der Waals surface area contributed by atoms with Gasteiger partial charge in [-0.3, -0.25) is 9.59 Å². The summed E-state index contributed by atoms with van der Waals surface area (Å²) in [5, 5.41) is 5.50. The number of hydrogen-bond acceptors (Lipinski definition) is 4. The topological polar surface area (TPSA) is 70.8 Å². The number of benzene rings is 1. The van der Waals surface area contributed by atoms with Crippen LogP contribution in [0.3, 0.4) is 0 Å². The summed E-state index contributed by atoms with van der Waals surface area (Å²) >= 11 is 0. The zero-order valence-corrected chi connectivity index (χ0v) is 15.2. The van der Waals surface area contributed by atoms with Crippen LogP contribution in [0.5, 0.6) is 0 Å². The van der Waals surface area contributed by atoms with Crippen molar-refractivity contribution >= 4 is 28.6 Å². The molecule has 0 N–H and O–H groups in total. The van der Waals surface area contributed by atoms with Gasteiger partial charge in [-0.05, 0) is 31.4 Å². The Kier molecular flexibility index (Phi) is 4.22. The van der Waals surface area contributed by atoms with Gasteiger partial charge in [0.05, 0.1) is 17.1 Å². The molecule has 0 spiro atoms. The number of imidazole rings is 1. The number of amides is 2. The zero-order chi connectivity index (χ0) is 18.3. The Labute approximate surface area is 152 Å². The van der Waals surface area contributed by atoms with E-state index >= 15 is 0 Å². The summed E-state index contributed by atoms with van der Waals surface area (Å²) in [6.07, 6.45) is 3.70. The maximum absolute atomic E-state index is 13.1. The van der Waals surface area contributed by atoms with E-state index in [2.05, 4.69) is 9.67 Å². The van der Waals surface area contributed by atoms with E-state index in [-0.39, 0.29) is 17.9 Å². The van der Waals surface area contributed by atoms with E-state index in [1.807, 2.05) is 36.2 Å². The molecule has 136 valence electrons. The number of hydrazone groups is 1. The van der Waals surface area contributed by atoms with E-state index in [1.165, 1.54) is 5.01 Å². The van der Waals surface area contributed by atoms with Gasteiger partial charge in [-0.1, -0.05) is 12.1 Å². The van der Waals surface area contributed by atoms with Crippen molar-refractivity contribution < 1.29 is 9.59 Å². The van der Waals surface area contributed by atoms with Crippen molar-refractivity contribution in [1.82, 2.24) is 19.5 Å². The first-order valence-electron chi connectivity index (χ1n) is 9.12. The first kappa shape index (κ1) is 16.8. The Morgan fingerprint density at radius 2 is 1.96 bits per heavy atom. The van der Waals surface area contributed by atoms with Gasteiger partial charge < -0.3 is 9.47 Å². The number of rotatable bonds is 2. The van der Waals surface area contributed by atoms with E-state index in [9.17, 15) is 9.59 Å². The average Bonchev–Trinajstić information content (AvgIpc) is 3.00. The second kappa shape index (κ2) is 6.55. The van der Waals surface area contributed by atoms with Crippen molar-refractivity contribution in [1.29, 1.82) is 0 Å². The van der Waals surface area contributed by atoms with Crippen LogP contribution in [0, 0.1) is 0 Å². The van der Waals surface area contributed by atoms with Gasteiger partial charge in [-0.25, -0.2) is 9.99 Å². The summed E-state index contributed by atoms with van der Waals surface area (Å²) in [5.74, 6) is 0.799. The minimum atomic E-state index is -0.0684. The van der Waals surface area contributed by atoms with Crippen molar-refractivity contribution in [2.45, 2.75) is 38.1 Å². The third-order valence-electron chi connectivity index (χ3n) is 5.34. The molecule has 1 saturated heterocycles. The van der Waals surface area contributed by atoms with E-state index in [0.717, 1.165) is 36.1 Å². The predicted octanol–water partition coefficient (Wildman–Crippen LogP) is 2.24. The largest absolute Gasteiger partial charge is 0.329 e. The van der Waals surface area contributed by atoms with Crippen LogP contribution >= 0.6 is 0 Å². The average molecular weight is 353 g/mol. The van der Waals surface area contributed by atoms with Gasteiger partial charge in [-0.15, -0.1) is 0 Å². The van der Waals surface area contributed by atoms with Gasteiger partial charge in [-0.2, -0.15) is 5.10 Å². The van der Waals surface area contributed by atoms with E-state index < -0.39 is 0 Å². The minimum absolute atomic E-state index is 0.0490. The molecule has 2 aliphatic rings. The van der Waals surface area contributed by atoms with Gasteiger partial charge in [0.1, 0.15) is 11.5 Å². The third kappa shape index (κ3) is 2.77. The molecule has 26 heavy (non-hydrogen) atoms. The van der Waals surface area contributed by atoms with Crippen LogP contribution in [0.2, 0.25) is 0 Å². The van der Waals surface area contributed by atoms with Gasteiger partial charge in [0.2, 0.25) is 5.91 Å². The normalized spacial score (nSPS) is 21.2. The number of carbonyl (C=O) groups excluding carboxylic acids is 2. The highest BCUT2D eigenvalue weighted by Gasteiger charge is 2.34. The molecule has 0 unspecified atom stereocenters.